The average molecular weight is 379 g/mol. The molecule has 0 aliphatic carbocycles. The number of amides is 2. The van der Waals surface area contributed by atoms with Gasteiger partial charge in [-0.05, 0) is 30.0 Å². The lowest BCUT2D eigenvalue weighted by Gasteiger charge is -2.37. The summed E-state index contributed by atoms with van der Waals surface area (Å²) >= 11 is 0. The van der Waals surface area contributed by atoms with Gasteiger partial charge in [0, 0.05) is 43.8 Å². The number of carbonyl (C=O) groups excluding carboxylic acids is 2. The molecular formula is C21H21N3O4. The monoisotopic (exact) mass is 379 g/mol. The Bertz CT molecular complexity index is 937. The van der Waals surface area contributed by atoms with E-state index in [-0.39, 0.29) is 23.1 Å². The minimum Gasteiger partial charge on any atom is -0.341 e. The summed E-state index contributed by atoms with van der Waals surface area (Å²) in [6.45, 7) is 1.76. The van der Waals surface area contributed by atoms with Crippen molar-refractivity contribution in [2.75, 3.05) is 13.1 Å². The Morgan fingerprint density at radius 1 is 1.00 bits per heavy atom. The van der Waals surface area contributed by atoms with Crippen LogP contribution in [0.1, 0.15) is 34.3 Å². The van der Waals surface area contributed by atoms with Crippen molar-refractivity contribution in [3.05, 3.63) is 75.3 Å². The van der Waals surface area contributed by atoms with Gasteiger partial charge in [0.05, 0.1) is 4.92 Å². The molecule has 28 heavy (non-hydrogen) atoms. The maximum absolute atomic E-state index is 13.2. The van der Waals surface area contributed by atoms with Crippen LogP contribution in [0.15, 0.2) is 48.5 Å². The Labute approximate surface area is 162 Å². The fraction of sp³-hybridized carbons (Fsp3) is 0.333. The van der Waals surface area contributed by atoms with E-state index in [4.69, 9.17) is 0 Å². The van der Waals surface area contributed by atoms with Crippen LogP contribution in [0.25, 0.3) is 0 Å². The lowest BCUT2D eigenvalue weighted by atomic mass is 9.92. The maximum Gasteiger partial charge on any atom is 0.270 e. The van der Waals surface area contributed by atoms with Crippen LogP contribution in [0.3, 0.4) is 0 Å². The molecule has 2 aliphatic rings. The molecule has 4 rings (SSSR count). The summed E-state index contributed by atoms with van der Waals surface area (Å²) in [4.78, 5) is 40.4. The number of benzene rings is 2. The molecule has 0 aromatic heterocycles. The van der Waals surface area contributed by atoms with E-state index in [1.54, 1.807) is 11.0 Å². The predicted octanol–water partition coefficient (Wildman–Crippen LogP) is 2.78. The largest absolute Gasteiger partial charge is 0.341 e. The molecule has 2 aromatic carbocycles. The summed E-state index contributed by atoms with van der Waals surface area (Å²) < 4.78 is 0. The second-order valence-electron chi connectivity index (χ2n) is 7.26. The van der Waals surface area contributed by atoms with Gasteiger partial charge in [-0.3, -0.25) is 19.7 Å². The van der Waals surface area contributed by atoms with Crippen molar-refractivity contribution in [2.45, 2.75) is 31.8 Å². The van der Waals surface area contributed by atoms with Gasteiger partial charge in [0.2, 0.25) is 5.91 Å². The lowest BCUT2D eigenvalue weighted by Crippen LogP contribution is -2.53. The second-order valence-corrected chi connectivity index (χ2v) is 7.26. The fourth-order valence-corrected chi connectivity index (χ4v) is 4.02. The Morgan fingerprint density at radius 2 is 1.71 bits per heavy atom. The third-order valence-electron chi connectivity index (χ3n) is 5.52. The van der Waals surface area contributed by atoms with E-state index >= 15 is 0 Å². The van der Waals surface area contributed by atoms with Gasteiger partial charge < -0.3 is 9.80 Å². The summed E-state index contributed by atoms with van der Waals surface area (Å²) in [6.07, 6.45) is 2.42. The molecule has 2 aliphatic heterocycles. The van der Waals surface area contributed by atoms with Gasteiger partial charge in [-0.15, -0.1) is 0 Å². The summed E-state index contributed by atoms with van der Waals surface area (Å²) in [5, 5.41) is 11.1. The zero-order valence-electron chi connectivity index (χ0n) is 15.4. The van der Waals surface area contributed by atoms with Crippen molar-refractivity contribution in [3.8, 4) is 0 Å². The Kier molecular flexibility index (Phi) is 4.81. The van der Waals surface area contributed by atoms with Crippen LogP contribution in [0.5, 0.6) is 0 Å². The predicted molar refractivity (Wildman–Crippen MR) is 103 cm³/mol. The highest BCUT2D eigenvalue weighted by molar-refractivity contribution is 5.98. The molecule has 1 atom stereocenters. The van der Waals surface area contributed by atoms with E-state index in [0.29, 0.717) is 13.0 Å². The molecule has 0 saturated carbocycles. The molecule has 1 saturated heterocycles. The van der Waals surface area contributed by atoms with Crippen molar-refractivity contribution in [3.63, 3.8) is 0 Å². The summed E-state index contributed by atoms with van der Waals surface area (Å²) in [5.41, 5.74) is 2.17. The topological polar surface area (TPSA) is 83.8 Å². The Balaban J connectivity index is 1.69. The molecule has 7 nitrogen and oxygen atoms in total. The first-order valence-electron chi connectivity index (χ1n) is 9.45. The highest BCUT2D eigenvalue weighted by Gasteiger charge is 2.38. The van der Waals surface area contributed by atoms with Crippen LogP contribution >= 0.6 is 0 Å². The zero-order chi connectivity index (χ0) is 19.7. The number of hydrogen-bond donors (Lipinski definition) is 0. The Morgan fingerprint density at radius 3 is 2.43 bits per heavy atom. The van der Waals surface area contributed by atoms with E-state index in [2.05, 4.69) is 0 Å². The molecular weight excluding hydrogens is 358 g/mol. The fourth-order valence-electron chi connectivity index (χ4n) is 4.02. The van der Waals surface area contributed by atoms with Crippen molar-refractivity contribution < 1.29 is 14.5 Å². The smallest absolute Gasteiger partial charge is 0.270 e. The highest BCUT2D eigenvalue weighted by atomic mass is 16.6. The quantitative estimate of drug-likeness (QED) is 0.606. The molecule has 2 aromatic rings. The van der Waals surface area contributed by atoms with Crippen LogP contribution in [0, 0.1) is 10.1 Å². The number of rotatable bonds is 3. The number of nitro benzene ring substituents is 1. The molecule has 0 spiro atoms. The minimum atomic E-state index is -0.584. The summed E-state index contributed by atoms with van der Waals surface area (Å²) in [7, 11) is 0. The summed E-state index contributed by atoms with van der Waals surface area (Å²) in [6, 6.07) is 12.9. The van der Waals surface area contributed by atoms with Crippen molar-refractivity contribution in [1.29, 1.82) is 0 Å². The van der Waals surface area contributed by atoms with Gasteiger partial charge in [-0.2, -0.15) is 0 Å². The molecule has 1 fully saturated rings. The second kappa shape index (κ2) is 7.42. The van der Waals surface area contributed by atoms with Crippen LogP contribution < -0.4 is 0 Å². The van der Waals surface area contributed by atoms with E-state index in [9.17, 15) is 19.7 Å². The SMILES string of the molecule is O=C([C@H]1Cc2ccccc2CN1C(=O)c1cccc([N+](=O)[O-])c1)N1CCCC1. The number of nitrogens with zero attached hydrogens (tertiary/aromatic N) is 3. The molecule has 7 heteroatoms. The van der Waals surface area contributed by atoms with Gasteiger partial charge in [0.1, 0.15) is 6.04 Å². The first kappa shape index (κ1) is 18.2. The van der Waals surface area contributed by atoms with E-state index < -0.39 is 11.0 Å². The zero-order valence-corrected chi connectivity index (χ0v) is 15.4. The van der Waals surface area contributed by atoms with E-state index in [1.807, 2.05) is 29.2 Å². The molecule has 144 valence electrons. The van der Waals surface area contributed by atoms with Gasteiger partial charge >= 0.3 is 0 Å². The molecule has 0 N–H and O–H groups in total. The first-order valence-corrected chi connectivity index (χ1v) is 9.45. The highest BCUT2D eigenvalue weighted by Crippen LogP contribution is 2.27. The van der Waals surface area contributed by atoms with Gasteiger partial charge in [-0.1, -0.05) is 30.3 Å². The number of nitro groups is 1. The molecule has 0 unspecified atom stereocenters. The van der Waals surface area contributed by atoms with Crippen molar-refractivity contribution >= 4 is 17.5 Å². The van der Waals surface area contributed by atoms with Crippen LogP contribution in [-0.2, 0) is 17.8 Å². The first-order chi connectivity index (χ1) is 13.5. The number of hydrogen-bond acceptors (Lipinski definition) is 4. The van der Waals surface area contributed by atoms with E-state index in [1.165, 1.54) is 18.2 Å². The molecule has 0 bridgehead atoms. The average Bonchev–Trinajstić information content (AvgIpc) is 3.26. The molecule has 2 amide bonds. The number of carbonyl (C=O) groups is 2. The number of non-ortho nitro benzene ring substituents is 1. The van der Waals surface area contributed by atoms with Gasteiger partial charge in [0.25, 0.3) is 11.6 Å². The maximum atomic E-state index is 13.2. The summed E-state index contributed by atoms with van der Waals surface area (Å²) in [5.74, 6) is -0.387. The lowest BCUT2D eigenvalue weighted by molar-refractivity contribution is -0.384. The molecule has 0 radical (unpaired) electrons. The van der Waals surface area contributed by atoms with E-state index in [0.717, 1.165) is 37.1 Å². The normalized spacial score (nSPS) is 18.6. The van der Waals surface area contributed by atoms with Gasteiger partial charge in [-0.25, -0.2) is 0 Å². The van der Waals surface area contributed by atoms with Gasteiger partial charge in [0.15, 0.2) is 0 Å². The standard InChI is InChI=1S/C21H21N3O4/c25-20(16-8-5-9-18(12-16)24(27)28)23-14-17-7-2-1-6-15(17)13-19(23)21(26)22-10-3-4-11-22/h1-2,5-9,12,19H,3-4,10-11,13-14H2/t19-/m1/s1. The van der Waals surface area contributed by atoms with Crippen molar-refractivity contribution in [1.82, 2.24) is 9.80 Å². The number of likely N-dealkylation sites (tertiary alicyclic amines) is 1. The minimum absolute atomic E-state index is 0.0363. The van der Waals surface area contributed by atoms with Crippen molar-refractivity contribution in [2.24, 2.45) is 0 Å². The van der Waals surface area contributed by atoms with Crippen LogP contribution in [0.2, 0.25) is 0 Å². The Hall–Kier alpha value is -3.22. The van der Waals surface area contributed by atoms with Crippen LogP contribution in [-0.4, -0.2) is 45.7 Å². The number of fused-ring (bicyclic) bond motifs is 1. The third kappa shape index (κ3) is 3.35. The third-order valence-corrected chi connectivity index (χ3v) is 5.52. The van der Waals surface area contributed by atoms with Crippen LogP contribution in [0.4, 0.5) is 5.69 Å². The molecule has 2 heterocycles.